The van der Waals surface area contributed by atoms with E-state index in [1.54, 1.807) is 18.3 Å². The first-order valence-electron chi connectivity index (χ1n) is 6.93. The highest BCUT2D eigenvalue weighted by Gasteiger charge is 2.12. The Morgan fingerprint density at radius 3 is 2.78 bits per heavy atom. The molecule has 0 bridgehead atoms. The molecule has 1 heterocycles. The van der Waals surface area contributed by atoms with E-state index in [1.165, 1.54) is 7.11 Å². The molecule has 116 valence electrons. The van der Waals surface area contributed by atoms with Crippen molar-refractivity contribution in [1.29, 1.82) is 0 Å². The highest BCUT2D eigenvalue weighted by molar-refractivity contribution is 6.28. The minimum absolute atomic E-state index is 0.197. The third-order valence-corrected chi connectivity index (χ3v) is 3.79. The zero-order chi connectivity index (χ0) is 16.4. The molecule has 5 nitrogen and oxygen atoms in total. The molecule has 0 amide bonds. The predicted octanol–water partition coefficient (Wildman–Crippen LogP) is 3.84. The number of aromatic nitrogens is 2. The number of nitrogens with zero attached hydrogens (tertiary/aromatic N) is 3. The summed E-state index contributed by atoms with van der Waals surface area (Å²) in [5.74, 6) is 0.341. The second-order valence-corrected chi connectivity index (χ2v) is 5.28. The normalized spacial score (nSPS) is 10.6. The van der Waals surface area contributed by atoms with E-state index in [2.05, 4.69) is 9.97 Å². The van der Waals surface area contributed by atoms with Gasteiger partial charge in [-0.3, -0.25) is 0 Å². The van der Waals surface area contributed by atoms with Crippen molar-refractivity contribution >= 4 is 39.8 Å². The Hall–Kier alpha value is -2.66. The van der Waals surface area contributed by atoms with E-state index in [-0.39, 0.29) is 11.3 Å². The van der Waals surface area contributed by atoms with Gasteiger partial charge in [-0.15, -0.1) is 0 Å². The molecule has 2 aromatic carbocycles. The summed E-state index contributed by atoms with van der Waals surface area (Å²) in [5.41, 5.74) is 1.47. The first-order chi connectivity index (χ1) is 11.1. The number of anilines is 2. The number of carbonyl (C=O) groups excluding carboxylic acids is 1. The summed E-state index contributed by atoms with van der Waals surface area (Å²) in [4.78, 5) is 21.8. The average Bonchev–Trinajstić information content (AvgIpc) is 2.59. The molecule has 0 saturated heterocycles. The zero-order valence-electron chi connectivity index (χ0n) is 12.7. The Balaban J connectivity index is 2.05. The quantitative estimate of drug-likeness (QED) is 0.540. The van der Waals surface area contributed by atoms with Crippen LogP contribution in [0.3, 0.4) is 0 Å². The van der Waals surface area contributed by atoms with Crippen LogP contribution in [-0.4, -0.2) is 30.1 Å². The number of hydrogen-bond donors (Lipinski definition) is 0. The molecule has 6 heteroatoms. The number of methoxy groups -OCH3 is 1. The van der Waals surface area contributed by atoms with Crippen LogP contribution in [-0.2, 0) is 4.74 Å². The number of rotatable bonds is 3. The van der Waals surface area contributed by atoms with Crippen LogP contribution in [0.4, 0.5) is 11.5 Å². The van der Waals surface area contributed by atoms with E-state index in [0.29, 0.717) is 11.4 Å². The minimum atomic E-state index is -0.348. The summed E-state index contributed by atoms with van der Waals surface area (Å²) in [7, 11) is 3.27. The van der Waals surface area contributed by atoms with Crippen molar-refractivity contribution in [3.05, 3.63) is 59.5 Å². The molecule has 0 aliphatic heterocycles. The SMILES string of the molecule is COC(=O)c1cccc2cc(N(C)c3ccnc(Cl)n3)ccc12. The minimum Gasteiger partial charge on any atom is -0.465 e. The molecule has 0 aliphatic carbocycles. The molecule has 3 aromatic rings. The van der Waals surface area contributed by atoms with Gasteiger partial charge in [0, 0.05) is 18.9 Å². The maximum atomic E-state index is 11.8. The number of halogens is 1. The third kappa shape index (κ3) is 2.96. The number of carbonyl (C=O) groups is 1. The second kappa shape index (κ2) is 6.22. The number of fused-ring (bicyclic) bond motifs is 1. The Labute approximate surface area is 138 Å². The van der Waals surface area contributed by atoms with Crippen molar-refractivity contribution in [2.75, 3.05) is 19.1 Å². The third-order valence-electron chi connectivity index (χ3n) is 3.61. The number of esters is 1. The highest BCUT2D eigenvalue weighted by Crippen LogP contribution is 2.28. The highest BCUT2D eigenvalue weighted by atomic mass is 35.5. The largest absolute Gasteiger partial charge is 0.465 e. The summed E-state index contributed by atoms with van der Waals surface area (Å²) < 4.78 is 4.82. The van der Waals surface area contributed by atoms with Gasteiger partial charge >= 0.3 is 5.97 Å². The zero-order valence-corrected chi connectivity index (χ0v) is 13.4. The number of hydrogen-bond acceptors (Lipinski definition) is 5. The van der Waals surface area contributed by atoms with Crippen molar-refractivity contribution in [2.24, 2.45) is 0 Å². The lowest BCUT2D eigenvalue weighted by Gasteiger charge is -2.19. The van der Waals surface area contributed by atoms with Crippen LogP contribution in [0.1, 0.15) is 10.4 Å². The smallest absolute Gasteiger partial charge is 0.338 e. The van der Waals surface area contributed by atoms with E-state index in [1.807, 2.05) is 42.3 Å². The van der Waals surface area contributed by atoms with Gasteiger partial charge in [0.25, 0.3) is 0 Å². The molecule has 0 aliphatic rings. The van der Waals surface area contributed by atoms with Gasteiger partial charge in [-0.2, -0.15) is 0 Å². The summed E-state index contributed by atoms with van der Waals surface area (Å²) in [5, 5.41) is 1.98. The molecule has 0 saturated carbocycles. The molecule has 1 aromatic heterocycles. The Bertz CT molecular complexity index is 883. The Kier molecular flexibility index (Phi) is 4.12. The van der Waals surface area contributed by atoms with Crippen molar-refractivity contribution in [3.8, 4) is 0 Å². The van der Waals surface area contributed by atoms with Crippen molar-refractivity contribution in [3.63, 3.8) is 0 Å². The van der Waals surface area contributed by atoms with Crippen molar-refractivity contribution in [1.82, 2.24) is 9.97 Å². The first-order valence-corrected chi connectivity index (χ1v) is 7.31. The van der Waals surface area contributed by atoms with Crippen LogP contribution in [0.2, 0.25) is 5.28 Å². The van der Waals surface area contributed by atoms with Gasteiger partial charge in [-0.05, 0) is 46.6 Å². The topological polar surface area (TPSA) is 55.3 Å². The standard InChI is InChI=1S/C17H14ClN3O2/c1-21(15-8-9-19-17(18)20-15)12-6-7-13-11(10-12)4-3-5-14(13)16(22)23-2/h3-10H,1-2H3. The maximum absolute atomic E-state index is 11.8. The van der Waals surface area contributed by atoms with Crippen LogP contribution >= 0.6 is 11.6 Å². The molecule has 3 rings (SSSR count). The fourth-order valence-electron chi connectivity index (χ4n) is 2.41. The number of benzene rings is 2. The molecule has 0 fully saturated rings. The van der Waals surface area contributed by atoms with E-state index in [9.17, 15) is 4.79 Å². The van der Waals surface area contributed by atoms with Crippen LogP contribution in [0.5, 0.6) is 0 Å². The average molecular weight is 328 g/mol. The van der Waals surface area contributed by atoms with Crippen LogP contribution in [0.15, 0.2) is 48.7 Å². The van der Waals surface area contributed by atoms with Crippen molar-refractivity contribution < 1.29 is 9.53 Å². The van der Waals surface area contributed by atoms with Gasteiger partial charge in [0.1, 0.15) is 5.82 Å². The summed E-state index contributed by atoms with van der Waals surface area (Å²) in [6, 6.07) is 13.1. The fourth-order valence-corrected chi connectivity index (χ4v) is 2.56. The molecule has 0 radical (unpaired) electrons. The van der Waals surface area contributed by atoms with E-state index in [0.717, 1.165) is 16.5 Å². The second-order valence-electron chi connectivity index (χ2n) is 4.95. The van der Waals surface area contributed by atoms with E-state index >= 15 is 0 Å². The lowest BCUT2D eigenvalue weighted by Crippen LogP contribution is -2.11. The summed E-state index contributed by atoms with van der Waals surface area (Å²) in [6.07, 6.45) is 1.61. The molecular weight excluding hydrogens is 314 g/mol. The van der Waals surface area contributed by atoms with Gasteiger partial charge in [-0.25, -0.2) is 14.8 Å². The van der Waals surface area contributed by atoms with Gasteiger partial charge < -0.3 is 9.64 Å². The summed E-state index contributed by atoms with van der Waals surface area (Å²) >= 11 is 5.84. The monoisotopic (exact) mass is 327 g/mol. The fraction of sp³-hybridized carbons (Fsp3) is 0.118. The molecule has 0 atom stereocenters. The lowest BCUT2D eigenvalue weighted by molar-refractivity contribution is 0.0603. The molecule has 0 N–H and O–H groups in total. The van der Waals surface area contributed by atoms with Crippen molar-refractivity contribution in [2.45, 2.75) is 0 Å². The predicted molar refractivity (Wildman–Crippen MR) is 90.4 cm³/mol. The number of ether oxygens (including phenoxy) is 1. The van der Waals surface area contributed by atoms with Gasteiger partial charge in [0.2, 0.25) is 5.28 Å². The van der Waals surface area contributed by atoms with Gasteiger partial charge in [-0.1, -0.05) is 18.2 Å². The van der Waals surface area contributed by atoms with Crippen LogP contribution in [0.25, 0.3) is 10.8 Å². The van der Waals surface area contributed by atoms with Gasteiger partial charge in [0.05, 0.1) is 12.7 Å². The molecule has 23 heavy (non-hydrogen) atoms. The summed E-state index contributed by atoms with van der Waals surface area (Å²) in [6.45, 7) is 0. The Morgan fingerprint density at radius 1 is 1.22 bits per heavy atom. The first kappa shape index (κ1) is 15.2. The van der Waals surface area contributed by atoms with Crippen LogP contribution in [0, 0.1) is 0 Å². The maximum Gasteiger partial charge on any atom is 0.338 e. The Morgan fingerprint density at radius 2 is 2.04 bits per heavy atom. The van der Waals surface area contributed by atoms with E-state index in [4.69, 9.17) is 16.3 Å². The van der Waals surface area contributed by atoms with Gasteiger partial charge in [0.15, 0.2) is 0 Å². The molecule has 0 spiro atoms. The molecule has 0 unspecified atom stereocenters. The van der Waals surface area contributed by atoms with Crippen LogP contribution < -0.4 is 4.90 Å². The molecular formula is C17H14ClN3O2. The van der Waals surface area contributed by atoms with E-state index < -0.39 is 0 Å². The lowest BCUT2D eigenvalue weighted by atomic mass is 10.0.